The highest BCUT2D eigenvalue weighted by Gasteiger charge is 2.26. The van der Waals surface area contributed by atoms with Crippen molar-refractivity contribution < 1.29 is 19.1 Å². The fraction of sp³-hybridized carbons (Fsp3) is 0.600. The van der Waals surface area contributed by atoms with Crippen molar-refractivity contribution >= 4 is 11.9 Å². The Morgan fingerprint density at radius 1 is 1.08 bits per heavy atom. The topological polar surface area (TPSA) is 52.6 Å². The summed E-state index contributed by atoms with van der Waals surface area (Å²) >= 11 is 0. The largest absolute Gasteiger partial charge is 0.462 e. The first-order valence-corrected chi connectivity index (χ1v) is 8.49. The van der Waals surface area contributed by atoms with E-state index in [1.54, 1.807) is 27.7 Å². The molecule has 0 saturated heterocycles. The van der Waals surface area contributed by atoms with E-state index in [2.05, 4.69) is 6.07 Å². The van der Waals surface area contributed by atoms with Crippen molar-refractivity contribution in [1.82, 2.24) is 0 Å². The SMILES string of the molecule is Cc1ccccc1[C@H](C)[C@@H](C)OC(=O)[C@@H](C)CC(=O)OC(C)(C)C. The molecule has 0 aromatic heterocycles. The number of hydrogen-bond donors (Lipinski definition) is 0. The van der Waals surface area contributed by atoms with E-state index in [4.69, 9.17) is 9.47 Å². The summed E-state index contributed by atoms with van der Waals surface area (Å²) in [6, 6.07) is 8.07. The highest BCUT2D eigenvalue weighted by molar-refractivity contribution is 5.79. The normalized spacial score (nSPS) is 15.3. The molecule has 0 N–H and O–H groups in total. The Hall–Kier alpha value is -1.84. The lowest BCUT2D eigenvalue weighted by molar-refractivity contribution is -0.163. The highest BCUT2D eigenvalue weighted by atomic mass is 16.6. The van der Waals surface area contributed by atoms with Crippen molar-refractivity contribution in [2.75, 3.05) is 0 Å². The number of rotatable bonds is 6. The summed E-state index contributed by atoms with van der Waals surface area (Å²) in [5.74, 6) is -1.18. The Balaban J connectivity index is 2.60. The van der Waals surface area contributed by atoms with Crippen molar-refractivity contribution in [2.24, 2.45) is 5.92 Å². The molecule has 4 heteroatoms. The molecular weight excluding hydrogens is 304 g/mol. The molecule has 0 fully saturated rings. The first kappa shape index (κ1) is 20.2. The molecule has 0 aliphatic rings. The summed E-state index contributed by atoms with van der Waals surface area (Å²) in [7, 11) is 0. The Morgan fingerprint density at radius 3 is 2.21 bits per heavy atom. The predicted molar refractivity (Wildman–Crippen MR) is 94.8 cm³/mol. The molecule has 1 aromatic carbocycles. The molecule has 1 aromatic rings. The molecule has 134 valence electrons. The van der Waals surface area contributed by atoms with Gasteiger partial charge in [0, 0.05) is 5.92 Å². The Labute approximate surface area is 145 Å². The van der Waals surface area contributed by atoms with Gasteiger partial charge in [0.2, 0.25) is 0 Å². The summed E-state index contributed by atoms with van der Waals surface area (Å²) in [6.45, 7) is 13.1. The summed E-state index contributed by atoms with van der Waals surface area (Å²) in [5, 5.41) is 0. The third-order valence-corrected chi connectivity index (χ3v) is 3.98. The molecule has 0 radical (unpaired) electrons. The molecule has 0 saturated carbocycles. The van der Waals surface area contributed by atoms with Crippen LogP contribution >= 0.6 is 0 Å². The van der Waals surface area contributed by atoms with Crippen molar-refractivity contribution in [3.05, 3.63) is 35.4 Å². The summed E-state index contributed by atoms with van der Waals surface area (Å²) < 4.78 is 10.8. The summed E-state index contributed by atoms with van der Waals surface area (Å²) in [5.41, 5.74) is 1.79. The molecular formula is C20H30O4. The van der Waals surface area contributed by atoms with Crippen LogP contribution in [0.15, 0.2) is 24.3 Å². The molecule has 0 amide bonds. The van der Waals surface area contributed by atoms with Gasteiger partial charge in [0.25, 0.3) is 0 Å². The average molecular weight is 334 g/mol. The number of carbonyl (C=O) groups is 2. The van der Waals surface area contributed by atoms with Gasteiger partial charge in [0.05, 0.1) is 12.3 Å². The quantitative estimate of drug-likeness (QED) is 0.724. The van der Waals surface area contributed by atoms with Crippen LogP contribution in [0.1, 0.15) is 65.0 Å². The van der Waals surface area contributed by atoms with Crippen LogP contribution in [0.25, 0.3) is 0 Å². The second kappa shape index (κ2) is 8.32. The number of aryl methyl sites for hydroxylation is 1. The van der Waals surface area contributed by atoms with Crippen LogP contribution in [0.3, 0.4) is 0 Å². The monoisotopic (exact) mass is 334 g/mol. The first-order valence-electron chi connectivity index (χ1n) is 8.49. The van der Waals surface area contributed by atoms with E-state index < -0.39 is 11.5 Å². The van der Waals surface area contributed by atoms with E-state index in [1.807, 2.05) is 39.0 Å². The molecule has 0 spiro atoms. The molecule has 0 aliphatic carbocycles. The van der Waals surface area contributed by atoms with Gasteiger partial charge < -0.3 is 9.47 Å². The van der Waals surface area contributed by atoms with Crippen LogP contribution in [-0.2, 0) is 19.1 Å². The first-order chi connectivity index (χ1) is 11.0. The van der Waals surface area contributed by atoms with E-state index >= 15 is 0 Å². The molecule has 24 heavy (non-hydrogen) atoms. The highest BCUT2D eigenvalue weighted by Crippen LogP contribution is 2.25. The zero-order chi connectivity index (χ0) is 18.5. The van der Waals surface area contributed by atoms with Crippen molar-refractivity contribution in [3.8, 4) is 0 Å². The van der Waals surface area contributed by atoms with Crippen molar-refractivity contribution in [3.63, 3.8) is 0 Å². The van der Waals surface area contributed by atoms with Gasteiger partial charge in [0.1, 0.15) is 11.7 Å². The lowest BCUT2D eigenvalue weighted by Gasteiger charge is -2.24. The molecule has 0 heterocycles. The fourth-order valence-electron chi connectivity index (χ4n) is 2.47. The van der Waals surface area contributed by atoms with E-state index in [1.165, 1.54) is 5.56 Å². The molecule has 4 nitrogen and oxygen atoms in total. The van der Waals surface area contributed by atoms with E-state index in [0.717, 1.165) is 5.56 Å². The number of ether oxygens (including phenoxy) is 2. The average Bonchev–Trinajstić information content (AvgIpc) is 2.44. The number of hydrogen-bond acceptors (Lipinski definition) is 4. The number of carbonyl (C=O) groups excluding carboxylic acids is 2. The van der Waals surface area contributed by atoms with Crippen LogP contribution in [0.5, 0.6) is 0 Å². The maximum Gasteiger partial charge on any atom is 0.309 e. The number of esters is 2. The Bertz CT molecular complexity index is 571. The van der Waals surface area contributed by atoms with Gasteiger partial charge in [-0.05, 0) is 45.7 Å². The molecule has 1 rings (SSSR count). The third kappa shape index (κ3) is 6.34. The second-order valence-electron chi connectivity index (χ2n) is 7.48. The lowest BCUT2D eigenvalue weighted by Crippen LogP contribution is -2.29. The summed E-state index contributed by atoms with van der Waals surface area (Å²) in [4.78, 5) is 24.1. The van der Waals surface area contributed by atoms with Crippen molar-refractivity contribution in [1.29, 1.82) is 0 Å². The molecule has 0 aliphatic heterocycles. The summed E-state index contributed by atoms with van der Waals surface area (Å²) in [6.07, 6.45) is -0.235. The minimum Gasteiger partial charge on any atom is -0.462 e. The van der Waals surface area contributed by atoms with Gasteiger partial charge in [-0.2, -0.15) is 0 Å². The fourth-order valence-corrected chi connectivity index (χ4v) is 2.47. The van der Waals surface area contributed by atoms with Crippen molar-refractivity contribution in [2.45, 2.75) is 72.5 Å². The number of benzene rings is 1. The van der Waals surface area contributed by atoms with Gasteiger partial charge >= 0.3 is 11.9 Å². The van der Waals surface area contributed by atoms with Gasteiger partial charge in [-0.1, -0.05) is 38.1 Å². The zero-order valence-corrected chi connectivity index (χ0v) is 15.9. The second-order valence-corrected chi connectivity index (χ2v) is 7.48. The lowest BCUT2D eigenvalue weighted by atomic mass is 9.92. The minimum absolute atomic E-state index is 0.0293. The molecule has 0 unspecified atom stereocenters. The zero-order valence-electron chi connectivity index (χ0n) is 15.9. The van der Waals surface area contributed by atoms with E-state index in [-0.39, 0.29) is 30.4 Å². The van der Waals surface area contributed by atoms with E-state index in [0.29, 0.717) is 0 Å². The maximum atomic E-state index is 12.2. The minimum atomic E-state index is -0.548. The van der Waals surface area contributed by atoms with Crippen LogP contribution in [0, 0.1) is 12.8 Å². The van der Waals surface area contributed by atoms with Crippen LogP contribution in [0.2, 0.25) is 0 Å². The predicted octanol–water partition coefficient (Wildman–Crippen LogP) is 4.40. The maximum absolute atomic E-state index is 12.2. The van der Waals surface area contributed by atoms with Crippen LogP contribution in [0.4, 0.5) is 0 Å². The molecule has 3 atom stereocenters. The Morgan fingerprint density at radius 2 is 1.67 bits per heavy atom. The third-order valence-electron chi connectivity index (χ3n) is 3.98. The standard InChI is InChI=1S/C20H30O4/c1-13-10-8-9-11-17(13)15(3)16(4)23-19(22)14(2)12-18(21)24-20(5,6)7/h8-11,14-16H,12H2,1-7H3/t14-,15+,16+/m0/s1. The van der Waals surface area contributed by atoms with Gasteiger partial charge in [-0.3, -0.25) is 9.59 Å². The smallest absolute Gasteiger partial charge is 0.309 e. The van der Waals surface area contributed by atoms with Crippen LogP contribution in [-0.4, -0.2) is 23.6 Å². The molecule has 0 bridgehead atoms. The van der Waals surface area contributed by atoms with E-state index in [9.17, 15) is 9.59 Å². The van der Waals surface area contributed by atoms with Crippen LogP contribution < -0.4 is 0 Å². The Kier molecular flexibility index (Phi) is 7.00. The van der Waals surface area contributed by atoms with Gasteiger partial charge in [-0.15, -0.1) is 0 Å². The van der Waals surface area contributed by atoms with Gasteiger partial charge in [-0.25, -0.2) is 0 Å². The van der Waals surface area contributed by atoms with Gasteiger partial charge in [0.15, 0.2) is 0 Å².